The van der Waals surface area contributed by atoms with Gasteiger partial charge < -0.3 is 4.98 Å². The van der Waals surface area contributed by atoms with Crippen LogP contribution in [0, 0.1) is 0 Å². The number of hydrogen-bond donors (Lipinski definition) is 1. The number of anilines is 1. The molecule has 1 amide bonds. The lowest BCUT2D eigenvalue weighted by molar-refractivity contribution is -0.113. The van der Waals surface area contributed by atoms with Gasteiger partial charge in [-0.1, -0.05) is 48.5 Å². The van der Waals surface area contributed by atoms with Gasteiger partial charge in [0.05, 0.1) is 16.3 Å². The number of carbonyl (C=O) groups is 1. The number of rotatable bonds is 3. The van der Waals surface area contributed by atoms with E-state index < -0.39 is 0 Å². The zero-order chi connectivity index (χ0) is 19.6. The molecule has 4 nitrogen and oxygen atoms in total. The summed E-state index contributed by atoms with van der Waals surface area (Å²) in [6.45, 7) is 0. The van der Waals surface area contributed by atoms with E-state index in [9.17, 15) is 4.79 Å². The minimum atomic E-state index is -0.0672. The monoisotopic (exact) mass is 395 g/mol. The van der Waals surface area contributed by atoms with Gasteiger partial charge in [0.2, 0.25) is 0 Å². The van der Waals surface area contributed by atoms with Crippen LogP contribution in [0.3, 0.4) is 0 Å². The molecule has 29 heavy (non-hydrogen) atoms. The topological polar surface area (TPSA) is 48.5 Å². The van der Waals surface area contributed by atoms with Gasteiger partial charge in [0, 0.05) is 11.7 Å². The van der Waals surface area contributed by atoms with E-state index in [1.54, 1.807) is 4.90 Å². The van der Waals surface area contributed by atoms with Crippen molar-refractivity contribution < 1.29 is 4.79 Å². The van der Waals surface area contributed by atoms with Crippen molar-refractivity contribution in [3.8, 4) is 0 Å². The molecule has 0 spiro atoms. The summed E-state index contributed by atoms with van der Waals surface area (Å²) in [6.07, 6.45) is 3.84. The summed E-state index contributed by atoms with van der Waals surface area (Å²) < 4.78 is 0. The summed E-state index contributed by atoms with van der Waals surface area (Å²) in [5.74, 6) is -0.0672. The van der Waals surface area contributed by atoms with Crippen LogP contribution in [0.4, 0.5) is 11.4 Å². The van der Waals surface area contributed by atoms with E-state index in [-0.39, 0.29) is 5.91 Å². The first kappa shape index (κ1) is 17.5. The van der Waals surface area contributed by atoms with E-state index in [1.165, 1.54) is 11.8 Å². The normalized spacial score (nSPS) is 17.0. The molecule has 2 heterocycles. The first-order valence-corrected chi connectivity index (χ1v) is 10.1. The SMILES string of the molecule is O=C1C(=Cc2ccc3cc[nH]c3c2)SC(=Nc2ccccc2)N1c1ccccc1. The molecule has 1 saturated heterocycles. The molecule has 0 atom stereocenters. The van der Waals surface area contributed by atoms with Crippen molar-refractivity contribution in [1.82, 2.24) is 4.98 Å². The second-order valence-corrected chi connectivity index (χ2v) is 7.65. The quantitative estimate of drug-likeness (QED) is 0.434. The molecule has 140 valence electrons. The maximum absolute atomic E-state index is 13.3. The van der Waals surface area contributed by atoms with Gasteiger partial charge in [0.1, 0.15) is 0 Å². The van der Waals surface area contributed by atoms with Crippen LogP contribution in [-0.4, -0.2) is 16.1 Å². The van der Waals surface area contributed by atoms with E-state index in [4.69, 9.17) is 4.99 Å². The summed E-state index contributed by atoms with van der Waals surface area (Å²) in [4.78, 5) is 23.6. The molecular weight excluding hydrogens is 378 g/mol. The van der Waals surface area contributed by atoms with E-state index in [1.807, 2.05) is 85.1 Å². The molecule has 5 heteroatoms. The van der Waals surface area contributed by atoms with Gasteiger partial charge in [-0.25, -0.2) is 4.99 Å². The van der Waals surface area contributed by atoms with Gasteiger partial charge in [0.25, 0.3) is 5.91 Å². The smallest absolute Gasteiger partial charge is 0.271 e. The number of nitrogens with one attached hydrogen (secondary N) is 1. The molecule has 3 aromatic carbocycles. The summed E-state index contributed by atoms with van der Waals surface area (Å²) in [5, 5.41) is 1.80. The Hall–Kier alpha value is -3.57. The lowest BCUT2D eigenvalue weighted by Crippen LogP contribution is -2.28. The number of carbonyl (C=O) groups excluding carboxylic acids is 1. The third-order valence-electron chi connectivity index (χ3n) is 4.68. The molecule has 0 aliphatic carbocycles. The molecule has 1 N–H and O–H groups in total. The second-order valence-electron chi connectivity index (χ2n) is 6.64. The van der Waals surface area contributed by atoms with E-state index in [0.29, 0.717) is 10.1 Å². The number of aromatic amines is 1. The highest BCUT2D eigenvalue weighted by Crippen LogP contribution is 2.37. The molecule has 0 unspecified atom stereocenters. The zero-order valence-electron chi connectivity index (χ0n) is 15.4. The Labute approximate surface area is 172 Å². The number of H-pyrrole nitrogens is 1. The van der Waals surface area contributed by atoms with Crippen molar-refractivity contribution in [2.45, 2.75) is 0 Å². The Morgan fingerprint density at radius 3 is 2.45 bits per heavy atom. The third kappa shape index (κ3) is 3.48. The van der Waals surface area contributed by atoms with Crippen LogP contribution >= 0.6 is 11.8 Å². The number of nitrogens with zero attached hydrogens (tertiary/aromatic N) is 2. The van der Waals surface area contributed by atoms with Crippen LogP contribution in [0.25, 0.3) is 17.0 Å². The maximum Gasteiger partial charge on any atom is 0.271 e. The molecule has 4 aromatic rings. The van der Waals surface area contributed by atoms with Gasteiger partial charge in [-0.05, 0) is 65.2 Å². The Balaban J connectivity index is 1.57. The molecule has 5 rings (SSSR count). The third-order valence-corrected chi connectivity index (χ3v) is 5.65. The fourth-order valence-electron chi connectivity index (χ4n) is 3.27. The highest BCUT2D eigenvalue weighted by Gasteiger charge is 2.34. The van der Waals surface area contributed by atoms with Crippen molar-refractivity contribution >= 4 is 51.2 Å². The number of benzene rings is 3. The minimum absolute atomic E-state index is 0.0672. The summed E-state index contributed by atoms with van der Waals surface area (Å²) in [6, 6.07) is 27.5. The van der Waals surface area contributed by atoms with Crippen LogP contribution < -0.4 is 4.90 Å². The van der Waals surface area contributed by atoms with Crippen LogP contribution in [0.2, 0.25) is 0 Å². The molecule has 0 bridgehead atoms. The molecule has 1 aromatic heterocycles. The Bertz CT molecular complexity index is 1240. The van der Waals surface area contributed by atoms with Gasteiger partial charge in [-0.3, -0.25) is 9.69 Å². The van der Waals surface area contributed by atoms with Crippen molar-refractivity contribution in [3.63, 3.8) is 0 Å². The van der Waals surface area contributed by atoms with Crippen molar-refractivity contribution in [2.75, 3.05) is 4.90 Å². The molecular formula is C24H17N3OS. The number of para-hydroxylation sites is 2. The van der Waals surface area contributed by atoms with Gasteiger partial charge in [-0.2, -0.15) is 0 Å². The van der Waals surface area contributed by atoms with Crippen LogP contribution in [0.5, 0.6) is 0 Å². The fraction of sp³-hybridized carbons (Fsp3) is 0. The predicted octanol–water partition coefficient (Wildman–Crippen LogP) is 5.98. The number of fused-ring (bicyclic) bond motifs is 1. The van der Waals surface area contributed by atoms with Crippen molar-refractivity contribution in [2.24, 2.45) is 4.99 Å². The number of hydrogen-bond acceptors (Lipinski definition) is 3. The Kier molecular flexibility index (Phi) is 4.50. The molecule has 0 radical (unpaired) electrons. The maximum atomic E-state index is 13.3. The van der Waals surface area contributed by atoms with E-state index in [2.05, 4.69) is 17.1 Å². The highest BCUT2D eigenvalue weighted by atomic mass is 32.2. The Morgan fingerprint density at radius 2 is 1.66 bits per heavy atom. The lowest BCUT2D eigenvalue weighted by atomic mass is 10.1. The highest BCUT2D eigenvalue weighted by molar-refractivity contribution is 8.19. The average molecular weight is 395 g/mol. The number of amides is 1. The van der Waals surface area contributed by atoms with Crippen LogP contribution in [0.1, 0.15) is 5.56 Å². The number of amidine groups is 1. The van der Waals surface area contributed by atoms with E-state index in [0.717, 1.165) is 27.8 Å². The average Bonchev–Trinajstić information content (AvgIpc) is 3.34. The van der Waals surface area contributed by atoms with Crippen LogP contribution in [0.15, 0.2) is 101 Å². The summed E-state index contributed by atoms with van der Waals surface area (Å²) in [5.41, 5.74) is 3.65. The first-order chi connectivity index (χ1) is 14.3. The number of aromatic nitrogens is 1. The van der Waals surface area contributed by atoms with Gasteiger partial charge >= 0.3 is 0 Å². The zero-order valence-corrected chi connectivity index (χ0v) is 16.3. The molecule has 1 fully saturated rings. The second kappa shape index (κ2) is 7.45. The number of aliphatic imine (C=N–C) groups is 1. The molecule has 1 aliphatic rings. The summed E-state index contributed by atoms with van der Waals surface area (Å²) >= 11 is 1.40. The van der Waals surface area contributed by atoms with E-state index >= 15 is 0 Å². The van der Waals surface area contributed by atoms with Gasteiger partial charge in [0.15, 0.2) is 5.17 Å². The molecule has 0 saturated carbocycles. The minimum Gasteiger partial charge on any atom is -0.361 e. The van der Waals surface area contributed by atoms with Crippen LogP contribution in [-0.2, 0) is 4.79 Å². The first-order valence-electron chi connectivity index (χ1n) is 9.28. The van der Waals surface area contributed by atoms with Crippen molar-refractivity contribution in [3.05, 3.63) is 102 Å². The number of thioether (sulfide) groups is 1. The standard InChI is InChI=1S/C24H17N3OS/c28-23-22(16-17-11-12-18-13-14-25-21(18)15-17)29-24(26-19-7-3-1-4-8-19)27(23)20-9-5-2-6-10-20/h1-16,25H. The van der Waals surface area contributed by atoms with Crippen molar-refractivity contribution in [1.29, 1.82) is 0 Å². The lowest BCUT2D eigenvalue weighted by Gasteiger charge is -2.15. The fourth-order valence-corrected chi connectivity index (χ4v) is 4.27. The predicted molar refractivity (Wildman–Crippen MR) is 121 cm³/mol. The summed E-state index contributed by atoms with van der Waals surface area (Å²) in [7, 11) is 0. The largest absolute Gasteiger partial charge is 0.361 e. The van der Waals surface area contributed by atoms with Gasteiger partial charge in [-0.15, -0.1) is 0 Å². The Morgan fingerprint density at radius 1 is 0.897 bits per heavy atom. The molecule has 1 aliphatic heterocycles.